The lowest BCUT2D eigenvalue weighted by Gasteiger charge is -2.42. The highest BCUT2D eigenvalue weighted by atomic mass is 35.5. The highest BCUT2D eigenvalue weighted by Gasteiger charge is 2.39. The molecule has 21 heavy (non-hydrogen) atoms. The van der Waals surface area contributed by atoms with E-state index in [1.165, 1.54) is 0 Å². The van der Waals surface area contributed by atoms with E-state index in [-0.39, 0.29) is 4.75 Å². The summed E-state index contributed by atoms with van der Waals surface area (Å²) in [7, 11) is -0.768. The molecule has 1 aliphatic heterocycles. The van der Waals surface area contributed by atoms with Gasteiger partial charge in [0.05, 0.1) is 4.75 Å². The molecule has 0 saturated carbocycles. The molecule has 0 radical (unpaired) electrons. The first kappa shape index (κ1) is 16.7. The Morgan fingerprint density at radius 1 is 1.29 bits per heavy atom. The van der Waals surface area contributed by atoms with Crippen molar-refractivity contribution in [2.45, 2.75) is 51.7 Å². The van der Waals surface area contributed by atoms with Crippen LogP contribution in [0.2, 0.25) is 5.15 Å². The van der Waals surface area contributed by atoms with Gasteiger partial charge >= 0.3 is 0 Å². The van der Waals surface area contributed by atoms with Crippen molar-refractivity contribution in [3.05, 3.63) is 16.5 Å². The van der Waals surface area contributed by atoms with Crippen molar-refractivity contribution >= 4 is 28.2 Å². The fourth-order valence-corrected chi connectivity index (χ4v) is 4.82. The third-order valence-corrected chi connectivity index (χ3v) is 7.11. The molecule has 0 aliphatic carbocycles. The minimum absolute atomic E-state index is 0.130. The smallest absolute Gasteiger partial charge is 0.137 e. The van der Waals surface area contributed by atoms with Crippen LogP contribution in [0.1, 0.15) is 45.0 Å². The van der Waals surface area contributed by atoms with Crippen LogP contribution in [0.5, 0.6) is 0 Å². The lowest BCUT2D eigenvalue weighted by atomic mass is 10.0. The van der Waals surface area contributed by atoms with Crippen molar-refractivity contribution in [3.63, 3.8) is 0 Å². The van der Waals surface area contributed by atoms with Crippen LogP contribution < -0.4 is 4.90 Å². The van der Waals surface area contributed by atoms with E-state index in [0.29, 0.717) is 10.9 Å². The summed E-state index contributed by atoms with van der Waals surface area (Å²) in [5.74, 6) is 2.38. The largest absolute Gasteiger partial charge is 0.354 e. The Kier molecular flexibility index (Phi) is 5.25. The zero-order valence-corrected chi connectivity index (χ0v) is 14.9. The molecule has 1 fully saturated rings. The molecule has 0 aromatic carbocycles. The third-order valence-electron chi connectivity index (χ3n) is 4.52. The third kappa shape index (κ3) is 3.09. The molecule has 0 N–H and O–H groups in total. The lowest BCUT2D eigenvalue weighted by molar-refractivity contribution is 0.493. The summed E-state index contributed by atoms with van der Waals surface area (Å²) < 4.78 is 12.3. The molecule has 0 spiro atoms. The Hall–Kier alpha value is -0.680. The molecule has 6 heteroatoms. The maximum Gasteiger partial charge on any atom is 0.137 e. The molecule has 0 bridgehead atoms. The molecule has 1 unspecified atom stereocenters. The maximum absolute atomic E-state index is 12.5. The van der Waals surface area contributed by atoms with Gasteiger partial charge in [0.2, 0.25) is 0 Å². The molecule has 1 aliphatic rings. The second-order valence-corrected chi connectivity index (χ2v) is 7.92. The predicted octanol–water partition coefficient (Wildman–Crippen LogP) is 3.13. The Bertz CT molecular complexity index is 546. The molecule has 118 valence electrons. The van der Waals surface area contributed by atoms with Gasteiger partial charge in [-0.1, -0.05) is 32.4 Å². The fraction of sp³-hybridized carbons (Fsp3) is 0.733. The van der Waals surface area contributed by atoms with Crippen LogP contribution in [0.25, 0.3) is 0 Å². The van der Waals surface area contributed by atoms with E-state index in [4.69, 9.17) is 11.6 Å². The van der Waals surface area contributed by atoms with Crippen molar-refractivity contribution < 1.29 is 4.21 Å². The monoisotopic (exact) mass is 329 g/mol. The van der Waals surface area contributed by atoms with E-state index in [2.05, 4.69) is 28.7 Å². The van der Waals surface area contributed by atoms with Crippen molar-refractivity contribution in [2.75, 3.05) is 23.7 Å². The highest BCUT2D eigenvalue weighted by Crippen LogP contribution is 2.33. The summed E-state index contributed by atoms with van der Waals surface area (Å²) in [5, 5.41) is 0.530. The Morgan fingerprint density at radius 3 is 2.52 bits per heavy atom. The summed E-state index contributed by atoms with van der Waals surface area (Å²) in [6.45, 7) is 9.79. The first-order valence-electron chi connectivity index (χ1n) is 7.63. The average Bonchev–Trinajstić information content (AvgIpc) is 2.51. The van der Waals surface area contributed by atoms with E-state index < -0.39 is 10.8 Å². The number of aryl methyl sites for hydroxylation is 1. The van der Waals surface area contributed by atoms with Crippen LogP contribution in [0.15, 0.2) is 0 Å². The van der Waals surface area contributed by atoms with Crippen molar-refractivity contribution in [3.8, 4) is 0 Å². The SMILES string of the molecule is CCc1nc(Cl)c(C)c(N2CCS(=O)C(CC)(CC)C2)n1. The van der Waals surface area contributed by atoms with Gasteiger partial charge in [-0.05, 0) is 19.8 Å². The molecule has 4 nitrogen and oxygen atoms in total. The van der Waals surface area contributed by atoms with Crippen molar-refractivity contribution in [1.82, 2.24) is 9.97 Å². The first-order valence-corrected chi connectivity index (χ1v) is 9.33. The highest BCUT2D eigenvalue weighted by molar-refractivity contribution is 7.86. The summed E-state index contributed by atoms with van der Waals surface area (Å²) >= 11 is 6.25. The molecular formula is C15H24ClN3OS. The van der Waals surface area contributed by atoms with E-state index >= 15 is 0 Å². The average molecular weight is 330 g/mol. The van der Waals surface area contributed by atoms with E-state index in [1.807, 2.05) is 13.8 Å². The number of hydrogen-bond donors (Lipinski definition) is 0. The van der Waals surface area contributed by atoms with Crippen LogP contribution in [-0.4, -0.2) is 37.8 Å². The summed E-state index contributed by atoms with van der Waals surface area (Å²) in [4.78, 5) is 11.2. The number of nitrogens with zero attached hydrogens (tertiary/aromatic N) is 3. The molecule has 0 amide bonds. The number of aromatic nitrogens is 2. The molecule has 1 saturated heterocycles. The van der Waals surface area contributed by atoms with Crippen molar-refractivity contribution in [2.24, 2.45) is 0 Å². The normalized spacial score (nSPS) is 21.6. The van der Waals surface area contributed by atoms with E-state index in [1.54, 1.807) is 0 Å². The van der Waals surface area contributed by atoms with Gasteiger partial charge in [-0.15, -0.1) is 0 Å². The van der Waals surface area contributed by atoms with Crippen LogP contribution in [0.3, 0.4) is 0 Å². The molecule has 1 atom stereocenters. The van der Waals surface area contributed by atoms with Gasteiger partial charge in [0.1, 0.15) is 16.8 Å². The number of rotatable bonds is 4. The van der Waals surface area contributed by atoms with E-state index in [0.717, 1.165) is 49.6 Å². The Balaban J connectivity index is 2.39. The standard InChI is InChI=1S/C15H24ClN3OS/c1-5-12-17-13(16)11(4)14(18-12)19-8-9-21(20)15(6-2,7-3)10-19/h5-10H2,1-4H3. The van der Waals surface area contributed by atoms with Gasteiger partial charge < -0.3 is 4.90 Å². The van der Waals surface area contributed by atoms with Gasteiger partial charge in [0.25, 0.3) is 0 Å². The second-order valence-electron chi connectivity index (χ2n) is 5.59. The number of anilines is 1. The molecule has 2 rings (SSSR count). The minimum Gasteiger partial charge on any atom is -0.354 e. The Morgan fingerprint density at radius 2 is 1.95 bits per heavy atom. The number of hydrogen-bond acceptors (Lipinski definition) is 4. The topological polar surface area (TPSA) is 46.1 Å². The van der Waals surface area contributed by atoms with Gasteiger partial charge in [-0.2, -0.15) is 0 Å². The van der Waals surface area contributed by atoms with Crippen molar-refractivity contribution in [1.29, 1.82) is 0 Å². The number of halogens is 1. The van der Waals surface area contributed by atoms with Gasteiger partial charge in [-0.25, -0.2) is 9.97 Å². The minimum atomic E-state index is -0.768. The summed E-state index contributed by atoms with van der Waals surface area (Å²) in [6.07, 6.45) is 2.61. The molecule has 1 aromatic heterocycles. The van der Waals surface area contributed by atoms with Gasteiger partial charge in [0.15, 0.2) is 0 Å². The summed E-state index contributed by atoms with van der Waals surface area (Å²) in [6, 6.07) is 0. The van der Waals surface area contributed by atoms with Gasteiger partial charge in [-0.3, -0.25) is 4.21 Å². The molecule has 1 aromatic rings. The van der Waals surface area contributed by atoms with Crippen LogP contribution in [0.4, 0.5) is 5.82 Å². The lowest BCUT2D eigenvalue weighted by Crippen LogP contribution is -2.53. The Labute approximate surface area is 134 Å². The second kappa shape index (κ2) is 6.61. The zero-order chi connectivity index (χ0) is 15.6. The quantitative estimate of drug-likeness (QED) is 0.796. The molecular weight excluding hydrogens is 306 g/mol. The van der Waals surface area contributed by atoms with Crippen LogP contribution in [-0.2, 0) is 17.2 Å². The fourth-order valence-electron chi connectivity index (χ4n) is 2.87. The van der Waals surface area contributed by atoms with E-state index in [9.17, 15) is 4.21 Å². The predicted molar refractivity (Wildman–Crippen MR) is 89.7 cm³/mol. The molecule has 2 heterocycles. The summed E-state index contributed by atoms with van der Waals surface area (Å²) in [5.41, 5.74) is 0.919. The van der Waals surface area contributed by atoms with Crippen LogP contribution >= 0.6 is 11.6 Å². The van der Waals surface area contributed by atoms with Gasteiger partial charge in [0, 0.05) is 41.6 Å². The zero-order valence-electron chi connectivity index (χ0n) is 13.3. The maximum atomic E-state index is 12.5. The first-order chi connectivity index (χ1) is 9.97. The van der Waals surface area contributed by atoms with Crippen LogP contribution in [0, 0.1) is 6.92 Å².